The number of aryl methyl sites for hydroxylation is 3. The average Bonchev–Trinajstić information content (AvgIpc) is 3.25. The summed E-state index contributed by atoms with van der Waals surface area (Å²) in [5, 5.41) is 12.7. The molecule has 4 aromatic rings. The number of carbonyl (C=O) groups excluding carboxylic acids is 1. The van der Waals surface area contributed by atoms with Crippen LogP contribution in [0.2, 0.25) is 0 Å². The quantitative estimate of drug-likeness (QED) is 0.555. The van der Waals surface area contributed by atoms with Crippen molar-refractivity contribution < 1.29 is 4.79 Å². The van der Waals surface area contributed by atoms with Gasteiger partial charge in [-0.2, -0.15) is 10.2 Å². The summed E-state index contributed by atoms with van der Waals surface area (Å²) in [6.07, 6.45) is 4.39. The first-order valence-corrected chi connectivity index (χ1v) is 10.0. The number of hydrogen-bond acceptors (Lipinski definition) is 4. The van der Waals surface area contributed by atoms with Gasteiger partial charge in [0.15, 0.2) is 0 Å². The zero-order valence-electron chi connectivity index (χ0n) is 18.0. The Kier molecular flexibility index (Phi) is 5.11. The van der Waals surface area contributed by atoms with Crippen LogP contribution in [0.25, 0.3) is 22.2 Å². The van der Waals surface area contributed by atoms with Crippen molar-refractivity contribution in [2.45, 2.75) is 33.2 Å². The van der Waals surface area contributed by atoms with Crippen molar-refractivity contribution in [1.29, 1.82) is 0 Å². The standard InChI is InChI=1S/C23H26N6O/c1-14(10-19-15(2)27-29(5)16(19)3)25-23(30)20-11-22(17-12-24-28(4)13-17)26-21-9-7-6-8-18(20)21/h6-9,11-14H,10H2,1-5H3,(H,25,30)/t14-/m1/s1. The number of carbonyl (C=O) groups is 1. The molecule has 1 aromatic carbocycles. The zero-order chi connectivity index (χ0) is 21.4. The highest BCUT2D eigenvalue weighted by Gasteiger charge is 2.18. The first-order valence-electron chi connectivity index (χ1n) is 10.0. The van der Waals surface area contributed by atoms with Gasteiger partial charge in [0, 0.05) is 43.0 Å². The summed E-state index contributed by atoms with van der Waals surface area (Å²) in [6.45, 7) is 6.09. The van der Waals surface area contributed by atoms with Gasteiger partial charge in [0.25, 0.3) is 5.91 Å². The number of aromatic nitrogens is 5. The molecule has 1 atom stereocenters. The van der Waals surface area contributed by atoms with E-state index >= 15 is 0 Å². The number of benzene rings is 1. The Balaban J connectivity index is 1.65. The Hall–Kier alpha value is -3.48. The number of hydrogen-bond donors (Lipinski definition) is 1. The lowest BCUT2D eigenvalue weighted by atomic mass is 10.0. The van der Waals surface area contributed by atoms with E-state index in [9.17, 15) is 4.79 Å². The van der Waals surface area contributed by atoms with E-state index in [4.69, 9.17) is 4.98 Å². The topological polar surface area (TPSA) is 77.6 Å². The second kappa shape index (κ2) is 7.74. The molecule has 1 N–H and O–H groups in total. The van der Waals surface area contributed by atoms with Crippen LogP contribution in [0, 0.1) is 13.8 Å². The summed E-state index contributed by atoms with van der Waals surface area (Å²) in [5.74, 6) is -0.106. The molecule has 0 aliphatic carbocycles. The number of amides is 1. The van der Waals surface area contributed by atoms with Crippen LogP contribution < -0.4 is 5.32 Å². The molecule has 7 nitrogen and oxygen atoms in total. The summed E-state index contributed by atoms with van der Waals surface area (Å²) in [4.78, 5) is 18.0. The maximum absolute atomic E-state index is 13.2. The smallest absolute Gasteiger partial charge is 0.252 e. The highest BCUT2D eigenvalue weighted by molar-refractivity contribution is 6.07. The summed E-state index contributed by atoms with van der Waals surface area (Å²) < 4.78 is 3.61. The molecule has 30 heavy (non-hydrogen) atoms. The van der Waals surface area contributed by atoms with Crippen molar-refractivity contribution >= 4 is 16.8 Å². The second-order valence-corrected chi connectivity index (χ2v) is 7.83. The maximum atomic E-state index is 13.2. The van der Waals surface area contributed by atoms with Gasteiger partial charge < -0.3 is 5.32 Å². The lowest BCUT2D eigenvalue weighted by Crippen LogP contribution is -2.34. The van der Waals surface area contributed by atoms with Crippen LogP contribution >= 0.6 is 0 Å². The molecular formula is C23H26N6O. The van der Waals surface area contributed by atoms with Gasteiger partial charge in [0.1, 0.15) is 0 Å². The zero-order valence-corrected chi connectivity index (χ0v) is 18.0. The van der Waals surface area contributed by atoms with Crippen LogP contribution in [-0.2, 0) is 20.5 Å². The molecule has 0 fully saturated rings. The van der Waals surface area contributed by atoms with Gasteiger partial charge in [0.2, 0.25) is 0 Å². The lowest BCUT2D eigenvalue weighted by molar-refractivity contribution is 0.0941. The molecule has 0 aliphatic rings. The number of rotatable bonds is 5. The highest BCUT2D eigenvalue weighted by atomic mass is 16.1. The molecule has 154 valence electrons. The third-order valence-electron chi connectivity index (χ3n) is 5.51. The van der Waals surface area contributed by atoms with E-state index in [1.807, 2.05) is 69.2 Å². The fourth-order valence-electron chi connectivity index (χ4n) is 3.84. The summed E-state index contributed by atoms with van der Waals surface area (Å²) in [7, 11) is 3.81. The molecule has 0 unspecified atom stereocenters. The second-order valence-electron chi connectivity index (χ2n) is 7.83. The van der Waals surface area contributed by atoms with Gasteiger partial charge in [-0.25, -0.2) is 4.98 Å². The molecule has 1 amide bonds. The van der Waals surface area contributed by atoms with Gasteiger partial charge in [-0.05, 0) is 44.9 Å². The fraction of sp³-hybridized carbons (Fsp3) is 0.304. The molecule has 0 radical (unpaired) electrons. The van der Waals surface area contributed by atoms with Crippen molar-refractivity contribution in [3.63, 3.8) is 0 Å². The Labute approximate surface area is 175 Å². The van der Waals surface area contributed by atoms with E-state index in [2.05, 4.69) is 22.4 Å². The van der Waals surface area contributed by atoms with Gasteiger partial charge in [-0.15, -0.1) is 0 Å². The predicted octanol–water partition coefficient (Wildman–Crippen LogP) is 3.35. The Morgan fingerprint density at radius 3 is 2.63 bits per heavy atom. The van der Waals surface area contributed by atoms with Crippen molar-refractivity contribution in [2.24, 2.45) is 14.1 Å². The van der Waals surface area contributed by atoms with E-state index in [0.717, 1.165) is 40.0 Å². The summed E-state index contributed by atoms with van der Waals surface area (Å²) in [6, 6.07) is 9.54. The third-order valence-corrected chi connectivity index (χ3v) is 5.51. The molecule has 0 aliphatic heterocycles. The maximum Gasteiger partial charge on any atom is 0.252 e. The largest absolute Gasteiger partial charge is 0.349 e. The van der Waals surface area contributed by atoms with E-state index in [1.165, 1.54) is 5.56 Å². The first kappa shape index (κ1) is 19.8. The molecule has 3 aromatic heterocycles. The molecule has 0 spiro atoms. The average molecular weight is 403 g/mol. The number of nitrogens with zero attached hydrogens (tertiary/aromatic N) is 5. The molecular weight excluding hydrogens is 376 g/mol. The molecule has 3 heterocycles. The van der Waals surface area contributed by atoms with Crippen LogP contribution in [-0.4, -0.2) is 36.5 Å². The van der Waals surface area contributed by atoms with Gasteiger partial charge >= 0.3 is 0 Å². The first-order chi connectivity index (χ1) is 14.3. The van der Waals surface area contributed by atoms with Gasteiger partial charge in [0.05, 0.1) is 28.7 Å². The molecule has 0 bridgehead atoms. The van der Waals surface area contributed by atoms with E-state index in [0.29, 0.717) is 5.56 Å². The summed E-state index contributed by atoms with van der Waals surface area (Å²) >= 11 is 0. The summed E-state index contributed by atoms with van der Waals surface area (Å²) in [5.41, 5.74) is 6.33. The molecule has 0 saturated carbocycles. The molecule has 0 saturated heterocycles. The highest BCUT2D eigenvalue weighted by Crippen LogP contribution is 2.25. The van der Waals surface area contributed by atoms with E-state index < -0.39 is 0 Å². The Morgan fingerprint density at radius 2 is 1.97 bits per heavy atom. The van der Waals surface area contributed by atoms with Crippen molar-refractivity contribution in [3.8, 4) is 11.3 Å². The SMILES string of the molecule is Cc1nn(C)c(C)c1C[C@@H](C)NC(=O)c1cc(-c2cnn(C)c2)nc2ccccc12. The van der Waals surface area contributed by atoms with Gasteiger partial charge in [-0.1, -0.05) is 18.2 Å². The third kappa shape index (κ3) is 3.70. The van der Waals surface area contributed by atoms with Crippen LogP contribution in [0.3, 0.4) is 0 Å². The predicted molar refractivity (Wildman–Crippen MR) is 117 cm³/mol. The number of fused-ring (bicyclic) bond motifs is 1. The number of nitrogens with one attached hydrogen (secondary N) is 1. The molecule has 7 heteroatoms. The normalized spacial score (nSPS) is 12.3. The Bertz CT molecular complexity index is 1240. The van der Waals surface area contributed by atoms with E-state index in [1.54, 1.807) is 10.9 Å². The minimum Gasteiger partial charge on any atom is -0.349 e. The minimum atomic E-state index is -0.106. The van der Waals surface area contributed by atoms with Crippen LogP contribution in [0.1, 0.15) is 34.2 Å². The van der Waals surface area contributed by atoms with Crippen molar-refractivity contribution in [1.82, 2.24) is 29.9 Å². The lowest BCUT2D eigenvalue weighted by Gasteiger charge is -2.16. The Morgan fingerprint density at radius 1 is 1.20 bits per heavy atom. The molecule has 4 rings (SSSR count). The van der Waals surface area contributed by atoms with Crippen molar-refractivity contribution in [3.05, 3.63) is 65.2 Å². The van der Waals surface area contributed by atoms with Crippen molar-refractivity contribution in [2.75, 3.05) is 0 Å². The van der Waals surface area contributed by atoms with Crippen LogP contribution in [0.15, 0.2) is 42.7 Å². The van der Waals surface area contributed by atoms with Gasteiger partial charge in [-0.3, -0.25) is 14.2 Å². The van der Waals surface area contributed by atoms with Crippen LogP contribution in [0.4, 0.5) is 0 Å². The fourth-order valence-corrected chi connectivity index (χ4v) is 3.84. The number of pyridine rings is 1. The number of para-hydroxylation sites is 1. The van der Waals surface area contributed by atoms with E-state index in [-0.39, 0.29) is 11.9 Å². The van der Waals surface area contributed by atoms with Crippen LogP contribution in [0.5, 0.6) is 0 Å². The minimum absolute atomic E-state index is 0.0344. The monoisotopic (exact) mass is 402 g/mol.